The number of hydrogen-bond donors (Lipinski definition) is 1. The largest absolute Gasteiger partial charge is 0.425 e. The zero-order valence-electron chi connectivity index (χ0n) is 5.64. The van der Waals surface area contributed by atoms with Crippen molar-refractivity contribution < 1.29 is 14.6 Å². The third-order valence-electron chi connectivity index (χ3n) is 1.50. The Balaban J connectivity index is 3.06. The summed E-state index contributed by atoms with van der Waals surface area (Å²) < 4.78 is 5.08. The molecule has 0 amide bonds. The Labute approximate surface area is 72.2 Å². The average Bonchev–Trinajstić information content (AvgIpc) is 1.95. The lowest BCUT2D eigenvalue weighted by molar-refractivity contribution is -0.174. The quantitative estimate of drug-likeness (QED) is 0.517. The number of rotatable bonds is 0. The molecule has 1 rings (SSSR count). The minimum atomic E-state index is -1.38. The van der Waals surface area contributed by atoms with Crippen molar-refractivity contribution in [2.24, 2.45) is 0 Å². The van der Waals surface area contributed by atoms with E-state index >= 15 is 0 Å². The maximum absolute atomic E-state index is 10.8. The van der Waals surface area contributed by atoms with Crippen molar-refractivity contribution in [2.75, 3.05) is 0 Å². The molecule has 0 fully saturated rings. The van der Waals surface area contributed by atoms with Crippen LogP contribution in [0.5, 0.6) is 0 Å². The van der Waals surface area contributed by atoms with Gasteiger partial charge in [0.25, 0.3) is 0 Å². The molecule has 0 saturated heterocycles. The fraction of sp³-hybridized carbons (Fsp3) is 0.500. The Morgan fingerprint density at radius 1 is 1.70 bits per heavy atom. The van der Waals surface area contributed by atoms with Gasteiger partial charge in [-0.1, -0.05) is 0 Å². The molecule has 0 radical (unpaired) electrons. The Hall–Kier alpha value is -0.100. The van der Waals surface area contributed by atoms with Gasteiger partial charge in [-0.25, -0.2) is 4.79 Å². The summed E-state index contributed by atoms with van der Waals surface area (Å²) in [6.07, 6.45) is 0. The van der Waals surface area contributed by atoms with E-state index in [1.807, 2.05) is 22.6 Å². The molecule has 0 spiro atoms. The molecule has 1 N–H and O–H groups in total. The van der Waals surface area contributed by atoms with Gasteiger partial charge in [-0.2, -0.15) is 0 Å². The fourth-order valence-electron chi connectivity index (χ4n) is 0.659. The number of ether oxygens (including phenoxy) is 1. The molecule has 1 unspecified atom stereocenters. The molecule has 0 aromatic heterocycles. The van der Waals surface area contributed by atoms with E-state index in [9.17, 15) is 9.90 Å². The van der Waals surface area contributed by atoms with E-state index in [1.165, 1.54) is 6.92 Å². The van der Waals surface area contributed by atoms with Crippen molar-refractivity contribution in [1.82, 2.24) is 0 Å². The first-order valence-corrected chi connectivity index (χ1v) is 3.85. The molecule has 10 heavy (non-hydrogen) atoms. The third kappa shape index (κ3) is 1.05. The van der Waals surface area contributed by atoms with Crippen LogP contribution in [0, 0.1) is 0 Å². The highest BCUT2D eigenvalue weighted by Crippen LogP contribution is 2.32. The lowest BCUT2D eigenvalue weighted by Crippen LogP contribution is -2.25. The van der Waals surface area contributed by atoms with E-state index in [0.717, 1.165) is 0 Å². The van der Waals surface area contributed by atoms with Crippen LogP contribution in [0.15, 0.2) is 9.15 Å². The van der Waals surface area contributed by atoms with E-state index < -0.39 is 11.8 Å². The van der Waals surface area contributed by atoms with Crippen LogP contribution in [0.4, 0.5) is 0 Å². The van der Waals surface area contributed by atoms with Gasteiger partial charge in [-0.15, -0.1) is 0 Å². The first kappa shape index (κ1) is 8.00. The van der Waals surface area contributed by atoms with Crippen LogP contribution in [-0.2, 0) is 9.53 Å². The highest BCUT2D eigenvalue weighted by molar-refractivity contribution is 14.1. The zero-order valence-corrected chi connectivity index (χ0v) is 7.80. The highest BCUT2D eigenvalue weighted by Gasteiger charge is 2.38. The van der Waals surface area contributed by atoms with Crippen LogP contribution in [0.25, 0.3) is 0 Å². The highest BCUT2D eigenvalue weighted by atomic mass is 127. The molecule has 1 heterocycles. The van der Waals surface area contributed by atoms with Crippen LogP contribution in [0.1, 0.15) is 13.8 Å². The van der Waals surface area contributed by atoms with Gasteiger partial charge in [0.05, 0.1) is 0 Å². The van der Waals surface area contributed by atoms with E-state index in [4.69, 9.17) is 0 Å². The summed E-state index contributed by atoms with van der Waals surface area (Å²) in [5.41, 5.74) is 0.582. The Morgan fingerprint density at radius 3 is 2.30 bits per heavy atom. The molecule has 1 atom stereocenters. The number of cyclic esters (lactones) is 1. The number of hydrogen-bond acceptors (Lipinski definition) is 3. The van der Waals surface area contributed by atoms with Crippen molar-refractivity contribution in [1.29, 1.82) is 0 Å². The molecular formula is C6H7IO3. The number of carbonyl (C=O) groups is 1. The predicted molar refractivity (Wildman–Crippen MR) is 43.4 cm³/mol. The van der Waals surface area contributed by atoms with E-state index in [0.29, 0.717) is 9.15 Å². The topological polar surface area (TPSA) is 46.5 Å². The molecule has 0 saturated carbocycles. The Bertz CT molecular complexity index is 217. The number of carbonyl (C=O) groups excluding carboxylic acids is 1. The number of halogens is 1. The van der Waals surface area contributed by atoms with Crippen LogP contribution in [0.3, 0.4) is 0 Å². The molecule has 4 heteroatoms. The Morgan fingerprint density at radius 2 is 2.20 bits per heavy atom. The third-order valence-corrected chi connectivity index (χ3v) is 2.75. The smallest absolute Gasteiger partial charge is 0.347 e. The molecule has 0 aromatic rings. The van der Waals surface area contributed by atoms with Gasteiger partial charge >= 0.3 is 5.97 Å². The van der Waals surface area contributed by atoms with E-state index in [2.05, 4.69) is 4.74 Å². The molecule has 3 nitrogen and oxygen atoms in total. The lowest BCUT2D eigenvalue weighted by Gasteiger charge is -2.15. The summed E-state index contributed by atoms with van der Waals surface area (Å²) in [6.45, 7) is 3.12. The first-order valence-electron chi connectivity index (χ1n) is 2.77. The van der Waals surface area contributed by atoms with Crippen LogP contribution < -0.4 is 0 Å². The molecule has 1 aliphatic heterocycles. The van der Waals surface area contributed by atoms with Crippen LogP contribution in [0.2, 0.25) is 0 Å². The maximum Gasteiger partial charge on any atom is 0.347 e. The van der Waals surface area contributed by atoms with Crippen molar-refractivity contribution >= 4 is 28.6 Å². The summed E-state index contributed by atoms with van der Waals surface area (Å²) in [5.74, 6) is -1.82. The normalized spacial score (nSPS) is 33.0. The summed E-state index contributed by atoms with van der Waals surface area (Å²) >= 11 is 1.85. The molecule has 56 valence electrons. The fourth-order valence-corrected chi connectivity index (χ4v) is 1.27. The SMILES string of the molecule is CC1=C(I)C(=O)OC1(C)O. The lowest BCUT2D eigenvalue weighted by atomic mass is 10.1. The zero-order chi connectivity index (χ0) is 7.94. The first-order chi connectivity index (χ1) is 4.45. The number of esters is 1. The van der Waals surface area contributed by atoms with Crippen molar-refractivity contribution in [3.8, 4) is 0 Å². The van der Waals surface area contributed by atoms with Gasteiger partial charge in [0.2, 0.25) is 5.79 Å². The minimum Gasteiger partial charge on any atom is -0.425 e. The van der Waals surface area contributed by atoms with Gasteiger partial charge in [-0.3, -0.25) is 0 Å². The Kier molecular flexibility index (Phi) is 1.76. The summed E-state index contributed by atoms with van der Waals surface area (Å²) in [7, 11) is 0. The minimum absolute atomic E-state index is 0.442. The maximum atomic E-state index is 10.8. The van der Waals surface area contributed by atoms with Gasteiger partial charge < -0.3 is 9.84 Å². The van der Waals surface area contributed by atoms with E-state index in [1.54, 1.807) is 6.92 Å². The summed E-state index contributed by atoms with van der Waals surface area (Å²) in [6, 6.07) is 0. The monoisotopic (exact) mass is 254 g/mol. The predicted octanol–water partition coefficient (Wildman–Crippen LogP) is 0.961. The molecule has 0 bridgehead atoms. The standard InChI is InChI=1S/C6H7IO3/c1-3-4(7)5(8)10-6(3,2)9/h9H,1-2H3. The van der Waals surface area contributed by atoms with Gasteiger partial charge in [0.15, 0.2) is 0 Å². The van der Waals surface area contributed by atoms with E-state index in [-0.39, 0.29) is 0 Å². The average molecular weight is 254 g/mol. The van der Waals surface area contributed by atoms with Crippen LogP contribution >= 0.6 is 22.6 Å². The van der Waals surface area contributed by atoms with Crippen molar-refractivity contribution in [2.45, 2.75) is 19.6 Å². The second kappa shape index (κ2) is 2.20. The van der Waals surface area contributed by atoms with Crippen LogP contribution in [-0.4, -0.2) is 16.9 Å². The van der Waals surface area contributed by atoms with Gasteiger partial charge in [0, 0.05) is 12.5 Å². The number of aliphatic hydroxyl groups is 1. The summed E-state index contributed by atoms with van der Waals surface area (Å²) in [4.78, 5) is 10.8. The molecular weight excluding hydrogens is 247 g/mol. The van der Waals surface area contributed by atoms with Crippen molar-refractivity contribution in [3.63, 3.8) is 0 Å². The second-order valence-electron chi connectivity index (χ2n) is 2.31. The molecule has 0 aliphatic carbocycles. The summed E-state index contributed by atoms with van der Waals surface area (Å²) in [5, 5.41) is 9.30. The van der Waals surface area contributed by atoms with Gasteiger partial charge in [0.1, 0.15) is 3.58 Å². The van der Waals surface area contributed by atoms with Crippen molar-refractivity contribution in [3.05, 3.63) is 9.15 Å². The molecule has 0 aromatic carbocycles. The van der Waals surface area contributed by atoms with Gasteiger partial charge in [-0.05, 0) is 29.5 Å². The second-order valence-corrected chi connectivity index (χ2v) is 3.39. The molecule has 1 aliphatic rings.